The first-order chi connectivity index (χ1) is 16.1. The van der Waals surface area contributed by atoms with Gasteiger partial charge in [-0.2, -0.15) is 0 Å². The van der Waals surface area contributed by atoms with Crippen LogP contribution in [0.4, 0.5) is 0 Å². The van der Waals surface area contributed by atoms with Gasteiger partial charge in [0.2, 0.25) is 0 Å². The van der Waals surface area contributed by atoms with E-state index in [-0.39, 0.29) is 17.9 Å². The molecule has 4 aromatic rings. The Morgan fingerprint density at radius 1 is 0.970 bits per heavy atom. The number of hydrogen-bond donors (Lipinski definition) is 1. The summed E-state index contributed by atoms with van der Waals surface area (Å²) in [4.78, 5) is 33.6. The molecule has 2 aromatic heterocycles. The van der Waals surface area contributed by atoms with Crippen LogP contribution in [0.15, 0.2) is 72.8 Å². The maximum atomic E-state index is 13.5. The van der Waals surface area contributed by atoms with Crippen LogP contribution in [0.25, 0.3) is 21.5 Å². The van der Waals surface area contributed by atoms with Crippen molar-refractivity contribution in [3.8, 4) is 10.6 Å². The molecule has 0 unspecified atom stereocenters. The van der Waals surface area contributed by atoms with Crippen molar-refractivity contribution in [2.24, 2.45) is 0 Å². The number of carbonyl (C=O) groups excluding carboxylic acids is 2. The number of hydrogen-bond acceptors (Lipinski definition) is 4. The van der Waals surface area contributed by atoms with Crippen molar-refractivity contribution in [1.82, 2.24) is 15.2 Å². The van der Waals surface area contributed by atoms with E-state index >= 15 is 0 Å². The van der Waals surface area contributed by atoms with Gasteiger partial charge in [-0.25, -0.2) is 4.98 Å². The van der Waals surface area contributed by atoms with Crippen molar-refractivity contribution in [1.29, 1.82) is 0 Å². The van der Waals surface area contributed by atoms with Crippen LogP contribution in [-0.4, -0.2) is 40.8 Å². The van der Waals surface area contributed by atoms with Crippen LogP contribution >= 0.6 is 22.9 Å². The smallest absolute Gasteiger partial charge is 0.254 e. The number of benzene rings is 2. The van der Waals surface area contributed by atoms with Gasteiger partial charge < -0.3 is 10.2 Å². The third kappa shape index (κ3) is 4.63. The molecule has 1 aliphatic rings. The molecule has 1 aliphatic heterocycles. The second-order valence-electron chi connectivity index (χ2n) is 8.08. The van der Waals surface area contributed by atoms with E-state index in [1.54, 1.807) is 12.1 Å². The molecule has 1 N–H and O–H groups in total. The van der Waals surface area contributed by atoms with E-state index in [1.165, 1.54) is 11.3 Å². The lowest BCUT2D eigenvalue weighted by atomic mass is 10.0. The largest absolute Gasteiger partial charge is 0.349 e. The first kappa shape index (κ1) is 21.6. The predicted octanol–water partition coefficient (Wildman–Crippen LogP) is 5.65. The number of fused-ring (bicyclic) bond motifs is 1. The molecule has 2 amide bonds. The Bertz CT molecular complexity index is 1310. The number of aromatic nitrogens is 1. The molecule has 3 heterocycles. The van der Waals surface area contributed by atoms with Gasteiger partial charge >= 0.3 is 0 Å². The zero-order valence-electron chi connectivity index (χ0n) is 17.8. The maximum Gasteiger partial charge on any atom is 0.254 e. The average molecular weight is 476 g/mol. The van der Waals surface area contributed by atoms with Crippen molar-refractivity contribution in [3.63, 3.8) is 0 Å². The average Bonchev–Trinajstić information content (AvgIpc) is 3.30. The number of thiophene rings is 1. The Labute approximate surface area is 201 Å². The number of rotatable bonds is 4. The Kier molecular flexibility index (Phi) is 6.11. The number of halogens is 1. The van der Waals surface area contributed by atoms with Gasteiger partial charge in [-0.3, -0.25) is 9.59 Å². The van der Waals surface area contributed by atoms with E-state index in [1.807, 2.05) is 65.6 Å². The fraction of sp³-hybridized carbons (Fsp3) is 0.192. The molecular weight excluding hydrogens is 454 g/mol. The van der Waals surface area contributed by atoms with Crippen LogP contribution in [0.3, 0.4) is 0 Å². The molecule has 0 radical (unpaired) electrons. The van der Waals surface area contributed by atoms with Crippen molar-refractivity contribution >= 4 is 45.7 Å². The van der Waals surface area contributed by atoms with Gasteiger partial charge in [0.05, 0.1) is 26.0 Å². The first-order valence-corrected chi connectivity index (χ1v) is 12.1. The molecule has 1 saturated heterocycles. The molecule has 0 bridgehead atoms. The first-order valence-electron chi connectivity index (χ1n) is 10.9. The van der Waals surface area contributed by atoms with Crippen molar-refractivity contribution in [3.05, 3.63) is 88.3 Å². The summed E-state index contributed by atoms with van der Waals surface area (Å²) in [6.45, 7) is 1.19. The number of amides is 2. The number of nitrogens with zero attached hydrogens (tertiary/aromatic N) is 2. The minimum atomic E-state index is -0.0697. The summed E-state index contributed by atoms with van der Waals surface area (Å²) in [5, 5.41) is 3.94. The maximum absolute atomic E-state index is 13.5. The summed E-state index contributed by atoms with van der Waals surface area (Å²) >= 11 is 7.57. The highest BCUT2D eigenvalue weighted by molar-refractivity contribution is 7.19. The topological polar surface area (TPSA) is 62.3 Å². The second kappa shape index (κ2) is 9.33. The van der Waals surface area contributed by atoms with E-state index in [9.17, 15) is 9.59 Å². The lowest BCUT2D eigenvalue weighted by Gasteiger charge is -2.32. The van der Waals surface area contributed by atoms with E-state index in [0.29, 0.717) is 28.6 Å². The SMILES string of the molecule is O=C(NC1CCN(C(=O)c2cc(-c3ccc(Cl)s3)nc3ccccc23)CC1)c1ccccc1. The molecular formula is C26H22ClN3O2S. The quantitative estimate of drug-likeness (QED) is 0.414. The van der Waals surface area contributed by atoms with Crippen LogP contribution in [0.5, 0.6) is 0 Å². The van der Waals surface area contributed by atoms with Gasteiger partial charge in [0.25, 0.3) is 11.8 Å². The summed E-state index contributed by atoms with van der Waals surface area (Å²) in [6.07, 6.45) is 1.45. The summed E-state index contributed by atoms with van der Waals surface area (Å²) in [7, 11) is 0. The molecule has 0 atom stereocenters. The Hall–Kier alpha value is -3.22. The summed E-state index contributed by atoms with van der Waals surface area (Å²) in [6, 6.07) is 22.6. The highest BCUT2D eigenvalue weighted by atomic mass is 35.5. The third-order valence-electron chi connectivity index (χ3n) is 5.93. The minimum absolute atomic E-state index is 0.00895. The van der Waals surface area contributed by atoms with Gasteiger partial charge in [-0.15, -0.1) is 11.3 Å². The highest BCUT2D eigenvalue weighted by Gasteiger charge is 2.26. The number of pyridine rings is 1. The fourth-order valence-electron chi connectivity index (χ4n) is 4.19. The number of para-hydroxylation sites is 1. The third-order valence-corrected chi connectivity index (χ3v) is 7.18. The number of piperidine rings is 1. The van der Waals surface area contributed by atoms with Crippen LogP contribution in [-0.2, 0) is 0 Å². The molecule has 0 aliphatic carbocycles. The van der Waals surface area contributed by atoms with Gasteiger partial charge in [-0.1, -0.05) is 48.0 Å². The van der Waals surface area contributed by atoms with Crippen LogP contribution in [0, 0.1) is 0 Å². The predicted molar refractivity (Wildman–Crippen MR) is 133 cm³/mol. The highest BCUT2D eigenvalue weighted by Crippen LogP contribution is 2.33. The molecule has 7 heteroatoms. The van der Waals surface area contributed by atoms with E-state index < -0.39 is 0 Å². The monoisotopic (exact) mass is 475 g/mol. The van der Waals surface area contributed by atoms with Gasteiger partial charge in [0, 0.05) is 30.1 Å². The number of nitrogens with one attached hydrogen (secondary N) is 1. The molecule has 5 nitrogen and oxygen atoms in total. The summed E-state index contributed by atoms with van der Waals surface area (Å²) < 4.78 is 0.687. The van der Waals surface area contributed by atoms with E-state index in [4.69, 9.17) is 16.6 Å². The Balaban J connectivity index is 1.34. The standard InChI is InChI=1S/C26H22ClN3O2S/c27-24-11-10-23(33-24)22-16-20(19-8-4-5-9-21(19)29-22)26(32)30-14-12-18(13-15-30)28-25(31)17-6-2-1-3-7-17/h1-11,16,18H,12-15H2,(H,28,31). The molecule has 166 valence electrons. The second-order valence-corrected chi connectivity index (χ2v) is 9.80. The van der Waals surface area contributed by atoms with Gasteiger partial charge in [-0.05, 0) is 49.2 Å². The zero-order chi connectivity index (χ0) is 22.8. The minimum Gasteiger partial charge on any atom is -0.349 e. The van der Waals surface area contributed by atoms with Gasteiger partial charge in [0.15, 0.2) is 0 Å². The molecule has 1 fully saturated rings. The molecule has 2 aromatic carbocycles. The van der Waals surface area contributed by atoms with Crippen LogP contribution in [0.2, 0.25) is 4.34 Å². The van der Waals surface area contributed by atoms with Crippen LogP contribution in [0.1, 0.15) is 33.6 Å². The van der Waals surface area contributed by atoms with Crippen molar-refractivity contribution < 1.29 is 9.59 Å². The molecule has 33 heavy (non-hydrogen) atoms. The molecule has 0 saturated carbocycles. The molecule has 0 spiro atoms. The zero-order valence-corrected chi connectivity index (χ0v) is 19.4. The van der Waals surface area contributed by atoms with Crippen molar-refractivity contribution in [2.75, 3.05) is 13.1 Å². The lowest BCUT2D eigenvalue weighted by Crippen LogP contribution is -2.46. The lowest BCUT2D eigenvalue weighted by molar-refractivity contribution is 0.0700. The Morgan fingerprint density at radius 2 is 1.70 bits per heavy atom. The molecule has 5 rings (SSSR count). The summed E-state index contributed by atoms with van der Waals surface area (Å²) in [5.41, 5.74) is 2.83. The van der Waals surface area contributed by atoms with E-state index in [0.717, 1.165) is 34.3 Å². The fourth-order valence-corrected chi connectivity index (χ4v) is 5.19. The number of carbonyl (C=O) groups is 2. The Morgan fingerprint density at radius 3 is 2.42 bits per heavy atom. The van der Waals surface area contributed by atoms with E-state index in [2.05, 4.69) is 5.32 Å². The van der Waals surface area contributed by atoms with Gasteiger partial charge in [0.1, 0.15) is 0 Å². The normalized spacial score (nSPS) is 14.4. The number of likely N-dealkylation sites (tertiary alicyclic amines) is 1. The summed E-state index contributed by atoms with van der Waals surface area (Å²) in [5.74, 6) is -0.0786. The van der Waals surface area contributed by atoms with Crippen LogP contribution < -0.4 is 5.32 Å². The van der Waals surface area contributed by atoms with Crippen molar-refractivity contribution in [2.45, 2.75) is 18.9 Å².